The van der Waals surface area contributed by atoms with E-state index in [0.717, 1.165) is 35.9 Å². The quantitative estimate of drug-likeness (QED) is 0.532. The van der Waals surface area contributed by atoms with Crippen LogP contribution in [-0.4, -0.2) is 37.8 Å². The van der Waals surface area contributed by atoms with Crippen molar-refractivity contribution in [2.75, 3.05) is 26.7 Å². The molecular formula is C24H30N3O5+. The molecule has 1 aliphatic rings. The number of benzene rings is 1. The topological polar surface area (TPSA) is 91.2 Å². The van der Waals surface area contributed by atoms with E-state index in [1.807, 2.05) is 26.0 Å². The molecule has 32 heavy (non-hydrogen) atoms. The van der Waals surface area contributed by atoms with Crippen molar-refractivity contribution in [3.63, 3.8) is 0 Å². The number of hydrogen-bond acceptors (Lipinski definition) is 6. The van der Waals surface area contributed by atoms with Crippen LogP contribution >= 0.6 is 0 Å². The van der Waals surface area contributed by atoms with Crippen LogP contribution in [0.15, 0.2) is 45.5 Å². The highest BCUT2D eigenvalue weighted by Gasteiger charge is 2.30. The number of carbonyl (C=O) groups excluding carboxylic acids is 1. The minimum absolute atomic E-state index is 0.107. The molecule has 1 aromatic carbocycles. The molecule has 2 aromatic heterocycles. The molecule has 1 aliphatic heterocycles. The largest absolute Gasteiger partial charge is 0.493 e. The maximum absolute atomic E-state index is 12.9. The summed E-state index contributed by atoms with van der Waals surface area (Å²) in [6.07, 6.45) is 4.09. The number of carbonyl (C=O) groups is 1. The molecule has 0 bridgehead atoms. The first-order valence-corrected chi connectivity index (χ1v) is 11.0. The Morgan fingerprint density at radius 1 is 1.22 bits per heavy atom. The summed E-state index contributed by atoms with van der Waals surface area (Å²) in [5.74, 6) is 2.53. The minimum atomic E-state index is -0.157. The zero-order valence-electron chi connectivity index (χ0n) is 18.8. The first kappa shape index (κ1) is 22.0. The number of quaternary nitrogens is 1. The summed E-state index contributed by atoms with van der Waals surface area (Å²) in [5.41, 5.74) is 2.21. The van der Waals surface area contributed by atoms with E-state index in [9.17, 15) is 4.79 Å². The summed E-state index contributed by atoms with van der Waals surface area (Å²) in [6.45, 7) is 6.72. The minimum Gasteiger partial charge on any atom is -0.493 e. The summed E-state index contributed by atoms with van der Waals surface area (Å²) in [7, 11) is 1.56. The van der Waals surface area contributed by atoms with Crippen molar-refractivity contribution in [2.45, 2.75) is 39.3 Å². The third-order valence-corrected chi connectivity index (χ3v) is 6.07. The Morgan fingerprint density at radius 3 is 2.69 bits per heavy atom. The van der Waals surface area contributed by atoms with Crippen molar-refractivity contribution in [3.8, 4) is 11.5 Å². The molecule has 0 aliphatic carbocycles. The molecule has 4 rings (SSSR count). The molecule has 0 radical (unpaired) electrons. The molecule has 1 amide bonds. The molecule has 3 aromatic rings. The highest BCUT2D eigenvalue weighted by Crippen LogP contribution is 2.29. The summed E-state index contributed by atoms with van der Waals surface area (Å²) >= 11 is 0. The van der Waals surface area contributed by atoms with Crippen LogP contribution in [0.5, 0.6) is 11.5 Å². The predicted octanol–water partition coefficient (Wildman–Crippen LogP) is 2.62. The fourth-order valence-electron chi connectivity index (χ4n) is 4.20. The molecule has 1 saturated heterocycles. The number of aromatic nitrogens is 1. The maximum atomic E-state index is 12.9. The van der Waals surface area contributed by atoms with Crippen molar-refractivity contribution in [1.82, 2.24) is 10.5 Å². The second-order valence-corrected chi connectivity index (χ2v) is 8.10. The van der Waals surface area contributed by atoms with Crippen LogP contribution in [0.2, 0.25) is 0 Å². The Kier molecular flexibility index (Phi) is 6.80. The van der Waals surface area contributed by atoms with Crippen molar-refractivity contribution in [1.29, 1.82) is 0 Å². The molecule has 170 valence electrons. The van der Waals surface area contributed by atoms with Crippen LogP contribution in [0.3, 0.4) is 0 Å². The monoisotopic (exact) mass is 440 g/mol. The number of aryl methyl sites for hydroxylation is 2. The average Bonchev–Trinajstić information content (AvgIpc) is 3.57. The Bertz CT molecular complexity index is 1020. The number of nitrogens with zero attached hydrogens (tertiary/aromatic N) is 1. The van der Waals surface area contributed by atoms with Gasteiger partial charge in [-0.05, 0) is 44.2 Å². The van der Waals surface area contributed by atoms with Crippen molar-refractivity contribution < 1.29 is 28.1 Å². The lowest BCUT2D eigenvalue weighted by molar-refractivity contribution is -0.919. The summed E-state index contributed by atoms with van der Waals surface area (Å²) < 4.78 is 22.2. The average molecular weight is 441 g/mol. The van der Waals surface area contributed by atoms with Gasteiger partial charge in [0, 0.05) is 18.4 Å². The SMILES string of the molecule is COc1cc(C(=O)NC[C@H](c2ccco2)[NH+]2CCCC2)ccc1OCc1c(C)noc1C. The normalized spacial score (nSPS) is 15.0. The van der Waals surface area contributed by atoms with Gasteiger partial charge in [0.1, 0.15) is 12.4 Å². The van der Waals surface area contributed by atoms with Gasteiger partial charge in [-0.25, -0.2) is 0 Å². The fourth-order valence-corrected chi connectivity index (χ4v) is 4.20. The van der Waals surface area contributed by atoms with E-state index in [1.54, 1.807) is 31.6 Å². The standard InChI is InChI=1S/C24H29N3O5/c1-16-19(17(2)32-26-16)15-31-22-9-8-18(13-23(22)29-3)24(28)25-14-20(21-7-6-12-30-21)27-10-4-5-11-27/h6-9,12-13,20H,4-5,10-11,14-15H2,1-3H3,(H,25,28)/p+1/t20-/m1/s1. The lowest BCUT2D eigenvalue weighted by Crippen LogP contribution is -3.11. The van der Waals surface area contributed by atoms with Crippen LogP contribution in [0.25, 0.3) is 0 Å². The van der Waals surface area contributed by atoms with Gasteiger partial charge in [0.15, 0.2) is 23.3 Å². The number of likely N-dealkylation sites (tertiary alicyclic amines) is 1. The predicted molar refractivity (Wildman–Crippen MR) is 117 cm³/mol. The number of furan rings is 1. The molecule has 8 nitrogen and oxygen atoms in total. The lowest BCUT2D eigenvalue weighted by Gasteiger charge is -2.23. The Morgan fingerprint density at radius 2 is 2.03 bits per heavy atom. The smallest absolute Gasteiger partial charge is 0.251 e. The van der Waals surface area contributed by atoms with Gasteiger partial charge in [0.05, 0.1) is 44.3 Å². The molecule has 1 fully saturated rings. The van der Waals surface area contributed by atoms with Gasteiger partial charge in [-0.3, -0.25) is 4.79 Å². The van der Waals surface area contributed by atoms with E-state index in [4.69, 9.17) is 18.4 Å². The van der Waals surface area contributed by atoms with Crippen LogP contribution in [-0.2, 0) is 6.61 Å². The summed E-state index contributed by atoms with van der Waals surface area (Å²) in [5, 5.41) is 7.01. The highest BCUT2D eigenvalue weighted by molar-refractivity contribution is 5.94. The van der Waals surface area contributed by atoms with Gasteiger partial charge in [0.2, 0.25) is 0 Å². The number of rotatable bonds is 9. The van der Waals surface area contributed by atoms with Gasteiger partial charge < -0.3 is 28.6 Å². The Hall–Kier alpha value is -3.26. The maximum Gasteiger partial charge on any atom is 0.251 e. The van der Waals surface area contributed by atoms with Crippen LogP contribution in [0.4, 0.5) is 0 Å². The van der Waals surface area contributed by atoms with Crippen LogP contribution in [0, 0.1) is 13.8 Å². The molecule has 0 saturated carbocycles. The van der Waals surface area contributed by atoms with E-state index in [0.29, 0.717) is 30.2 Å². The van der Waals surface area contributed by atoms with E-state index >= 15 is 0 Å². The summed E-state index contributed by atoms with van der Waals surface area (Å²) in [6, 6.07) is 9.17. The lowest BCUT2D eigenvalue weighted by atomic mass is 10.1. The Balaban J connectivity index is 1.42. The van der Waals surface area contributed by atoms with E-state index in [2.05, 4.69) is 10.5 Å². The number of hydrogen-bond donors (Lipinski definition) is 2. The molecule has 3 heterocycles. The van der Waals surface area contributed by atoms with E-state index in [1.165, 1.54) is 17.7 Å². The fraction of sp³-hybridized carbons (Fsp3) is 0.417. The van der Waals surface area contributed by atoms with Crippen molar-refractivity contribution in [3.05, 3.63) is 64.9 Å². The summed E-state index contributed by atoms with van der Waals surface area (Å²) in [4.78, 5) is 14.3. The van der Waals surface area contributed by atoms with E-state index < -0.39 is 0 Å². The molecule has 2 N–H and O–H groups in total. The molecule has 0 unspecified atom stereocenters. The highest BCUT2D eigenvalue weighted by atomic mass is 16.5. The first-order valence-electron chi connectivity index (χ1n) is 11.0. The number of nitrogens with one attached hydrogen (secondary N) is 2. The number of ether oxygens (including phenoxy) is 2. The number of methoxy groups -OCH3 is 1. The Labute approximate surface area is 187 Å². The van der Waals surface area contributed by atoms with Crippen LogP contribution in [0.1, 0.15) is 52.0 Å². The van der Waals surface area contributed by atoms with Crippen molar-refractivity contribution >= 4 is 5.91 Å². The van der Waals surface area contributed by atoms with Crippen LogP contribution < -0.4 is 19.7 Å². The van der Waals surface area contributed by atoms with Gasteiger partial charge in [0.25, 0.3) is 5.91 Å². The zero-order chi connectivity index (χ0) is 22.5. The van der Waals surface area contributed by atoms with Gasteiger partial charge in [-0.1, -0.05) is 5.16 Å². The first-order chi connectivity index (χ1) is 15.6. The molecule has 1 atom stereocenters. The van der Waals surface area contributed by atoms with Gasteiger partial charge in [-0.15, -0.1) is 0 Å². The molecule has 0 spiro atoms. The second kappa shape index (κ2) is 9.91. The third-order valence-electron chi connectivity index (χ3n) is 6.07. The molecule has 8 heteroatoms. The second-order valence-electron chi connectivity index (χ2n) is 8.10. The molecular weight excluding hydrogens is 410 g/mol. The third kappa shape index (κ3) is 4.80. The van der Waals surface area contributed by atoms with Gasteiger partial charge >= 0.3 is 0 Å². The van der Waals surface area contributed by atoms with Crippen molar-refractivity contribution in [2.24, 2.45) is 0 Å². The van der Waals surface area contributed by atoms with Gasteiger partial charge in [-0.2, -0.15) is 0 Å². The van der Waals surface area contributed by atoms with E-state index in [-0.39, 0.29) is 11.9 Å². The zero-order valence-corrected chi connectivity index (χ0v) is 18.8. The number of amides is 1.